The van der Waals surface area contributed by atoms with Gasteiger partial charge < -0.3 is 10.4 Å². The Hall–Kier alpha value is -1.85. The molecule has 102 valence electrons. The lowest BCUT2D eigenvalue weighted by Crippen LogP contribution is -2.15. The molecule has 4 nitrogen and oxygen atoms in total. The Morgan fingerprint density at radius 3 is 2.45 bits per heavy atom. The zero-order chi connectivity index (χ0) is 14.7. The summed E-state index contributed by atoms with van der Waals surface area (Å²) in [6.07, 6.45) is 0. The zero-order valence-electron chi connectivity index (χ0n) is 10.1. The number of carbonyl (C=O) groups excluding carboxylic acids is 1. The van der Waals surface area contributed by atoms with Crippen LogP contribution in [0.25, 0.3) is 0 Å². The third-order valence-electron chi connectivity index (χ3n) is 2.59. The summed E-state index contributed by atoms with van der Waals surface area (Å²) in [6, 6.07) is 11.4. The molecule has 20 heavy (non-hydrogen) atoms. The summed E-state index contributed by atoms with van der Waals surface area (Å²) >= 11 is 9.11. The lowest BCUT2D eigenvalue weighted by molar-refractivity contribution is 0.0698. The predicted molar refractivity (Wildman–Crippen MR) is 80.5 cm³/mol. The average molecular weight is 355 g/mol. The molecule has 0 aliphatic heterocycles. The van der Waals surface area contributed by atoms with Crippen LogP contribution >= 0.6 is 27.5 Å². The molecule has 2 N–H and O–H groups in total. The minimum Gasteiger partial charge on any atom is -0.478 e. The van der Waals surface area contributed by atoms with Gasteiger partial charge in [-0.15, -0.1) is 0 Å². The fourth-order valence-electron chi connectivity index (χ4n) is 1.68. The van der Waals surface area contributed by atoms with E-state index in [1.165, 1.54) is 12.1 Å². The number of halogens is 2. The lowest BCUT2D eigenvalue weighted by Gasteiger charge is -2.10. The first-order chi connectivity index (χ1) is 9.50. The molecular formula is C14H9BrClNO3. The molecule has 6 heteroatoms. The van der Waals surface area contributed by atoms with Gasteiger partial charge in [0.05, 0.1) is 16.3 Å². The molecule has 2 rings (SSSR count). The summed E-state index contributed by atoms with van der Waals surface area (Å²) < 4.78 is 0.622. The number of anilines is 1. The van der Waals surface area contributed by atoms with Gasteiger partial charge in [0.2, 0.25) is 0 Å². The van der Waals surface area contributed by atoms with Gasteiger partial charge in [-0.3, -0.25) is 4.79 Å². The SMILES string of the molecule is O=C(Nc1cccc(Cl)c1C(=O)O)c1ccccc1Br. The van der Waals surface area contributed by atoms with Crippen molar-refractivity contribution in [2.45, 2.75) is 0 Å². The first-order valence-corrected chi connectivity index (χ1v) is 6.75. The highest BCUT2D eigenvalue weighted by atomic mass is 79.9. The molecule has 0 radical (unpaired) electrons. The molecule has 0 heterocycles. The van der Waals surface area contributed by atoms with Crippen molar-refractivity contribution in [1.82, 2.24) is 0 Å². The fourth-order valence-corrected chi connectivity index (χ4v) is 2.40. The highest BCUT2D eigenvalue weighted by molar-refractivity contribution is 9.10. The Kier molecular flexibility index (Phi) is 4.42. The van der Waals surface area contributed by atoms with E-state index in [1.54, 1.807) is 30.3 Å². The molecule has 0 bridgehead atoms. The normalized spacial score (nSPS) is 10.1. The van der Waals surface area contributed by atoms with Crippen LogP contribution in [-0.4, -0.2) is 17.0 Å². The van der Waals surface area contributed by atoms with Crippen LogP contribution < -0.4 is 5.32 Å². The number of rotatable bonds is 3. The summed E-state index contributed by atoms with van der Waals surface area (Å²) in [6.45, 7) is 0. The Morgan fingerprint density at radius 1 is 1.10 bits per heavy atom. The van der Waals surface area contributed by atoms with Gasteiger partial charge >= 0.3 is 5.97 Å². The van der Waals surface area contributed by atoms with Crippen molar-refractivity contribution >= 4 is 45.1 Å². The van der Waals surface area contributed by atoms with E-state index in [0.29, 0.717) is 10.0 Å². The largest absolute Gasteiger partial charge is 0.478 e. The predicted octanol–water partition coefficient (Wildman–Crippen LogP) is 4.05. The second kappa shape index (κ2) is 6.07. The van der Waals surface area contributed by atoms with Crippen molar-refractivity contribution in [2.75, 3.05) is 5.32 Å². The van der Waals surface area contributed by atoms with Crippen LogP contribution in [-0.2, 0) is 0 Å². The Labute approximate surface area is 128 Å². The number of carboxylic acids is 1. The van der Waals surface area contributed by atoms with Gasteiger partial charge in [0, 0.05) is 4.47 Å². The maximum atomic E-state index is 12.1. The number of amides is 1. The van der Waals surface area contributed by atoms with Crippen molar-refractivity contribution in [2.24, 2.45) is 0 Å². The van der Waals surface area contributed by atoms with Crippen LogP contribution in [0.3, 0.4) is 0 Å². The van der Waals surface area contributed by atoms with Gasteiger partial charge in [-0.25, -0.2) is 4.79 Å². The highest BCUT2D eigenvalue weighted by Gasteiger charge is 2.17. The van der Waals surface area contributed by atoms with Crippen molar-refractivity contribution in [3.05, 3.63) is 63.1 Å². The van der Waals surface area contributed by atoms with E-state index >= 15 is 0 Å². The zero-order valence-corrected chi connectivity index (χ0v) is 12.4. The van der Waals surface area contributed by atoms with Crippen molar-refractivity contribution in [1.29, 1.82) is 0 Å². The van der Waals surface area contributed by atoms with Gasteiger partial charge in [-0.1, -0.05) is 29.8 Å². The minimum absolute atomic E-state index is 0.0717. The molecule has 0 aromatic heterocycles. The summed E-state index contributed by atoms with van der Waals surface area (Å²) in [5, 5.41) is 11.8. The van der Waals surface area contributed by atoms with Crippen LogP contribution in [0.4, 0.5) is 5.69 Å². The summed E-state index contributed by atoms with van der Waals surface area (Å²) in [5.74, 6) is -1.61. The van der Waals surface area contributed by atoms with Gasteiger partial charge in [0.1, 0.15) is 5.56 Å². The third-order valence-corrected chi connectivity index (χ3v) is 3.60. The maximum Gasteiger partial charge on any atom is 0.339 e. The van der Waals surface area contributed by atoms with E-state index in [0.717, 1.165) is 0 Å². The van der Waals surface area contributed by atoms with Gasteiger partial charge in [-0.2, -0.15) is 0 Å². The van der Waals surface area contributed by atoms with Crippen molar-refractivity contribution in [3.63, 3.8) is 0 Å². The second-order valence-corrected chi connectivity index (χ2v) is 5.16. The molecular weight excluding hydrogens is 346 g/mol. The van der Waals surface area contributed by atoms with Crippen LogP contribution in [0.15, 0.2) is 46.9 Å². The molecule has 2 aromatic rings. The number of nitrogens with one attached hydrogen (secondary N) is 1. The smallest absolute Gasteiger partial charge is 0.339 e. The van der Waals surface area contributed by atoms with Crippen LogP contribution in [0.2, 0.25) is 5.02 Å². The highest BCUT2D eigenvalue weighted by Crippen LogP contribution is 2.25. The summed E-state index contributed by atoms with van der Waals surface area (Å²) in [4.78, 5) is 23.3. The Balaban J connectivity index is 2.36. The molecule has 1 amide bonds. The minimum atomic E-state index is -1.20. The van der Waals surface area contributed by atoms with E-state index < -0.39 is 11.9 Å². The lowest BCUT2D eigenvalue weighted by atomic mass is 10.1. The molecule has 0 spiro atoms. The quantitative estimate of drug-likeness (QED) is 0.874. The number of aromatic carboxylic acids is 1. The fraction of sp³-hybridized carbons (Fsp3) is 0. The van der Waals surface area contributed by atoms with Crippen LogP contribution in [0.1, 0.15) is 20.7 Å². The number of hydrogen-bond donors (Lipinski definition) is 2. The topological polar surface area (TPSA) is 66.4 Å². The number of carbonyl (C=O) groups is 2. The Morgan fingerprint density at radius 2 is 1.80 bits per heavy atom. The number of carboxylic acid groups (broad SMARTS) is 1. The molecule has 0 saturated heterocycles. The first kappa shape index (κ1) is 14.6. The van der Waals surface area contributed by atoms with E-state index in [1.807, 2.05) is 0 Å². The number of hydrogen-bond acceptors (Lipinski definition) is 2. The molecule has 0 saturated carbocycles. The standard InChI is InChI=1S/C14H9BrClNO3/c15-9-5-2-1-4-8(9)13(18)17-11-7-3-6-10(16)12(11)14(19)20/h1-7H,(H,17,18)(H,19,20). The molecule has 0 aliphatic rings. The van der Waals surface area contributed by atoms with Gasteiger partial charge in [0.25, 0.3) is 5.91 Å². The third kappa shape index (κ3) is 3.00. The van der Waals surface area contributed by atoms with Gasteiger partial charge in [-0.05, 0) is 40.2 Å². The van der Waals surface area contributed by atoms with Crippen molar-refractivity contribution in [3.8, 4) is 0 Å². The maximum absolute atomic E-state index is 12.1. The average Bonchev–Trinajstić information content (AvgIpc) is 2.38. The molecule has 0 fully saturated rings. The van der Waals surface area contributed by atoms with E-state index in [9.17, 15) is 9.59 Å². The molecule has 0 unspecified atom stereocenters. The molecule has 2 aromatic carbocycles. The molecule has 0 aliphatic carbocycles. The van der Waals surface area contributed by atoms with E-state index in [4.69, 9.17) is 16.7 Å². The number of benzene rings is 2. The Bertz CT molecular complexity index is 688. The monoisotopic (exact) mass is 353 g/mol. The van der Waals surface area contributed by atoms with Crippen LogP contribution in [0.5, 0.6) is 0 Å². The van der Waals surface area contributed by atoms with E-state index in [2.05, 4.69) is 21.2 Å². The van der Waals surface area contributed by atoms with Crippen molar-refractivity contribution < 1.29 is 14.7 Å². The van der Waals surface area contributed by atoms with Gasteiger partial charge in [0.15, 0.2) is 0 Å². The molecule has 0 atom stereocenters. The summed E-state index contributed by atoms with van der Waals surface area (Å²) in [5.41, 5.74) is 0.434. The van der Waals surface area contributed by atoms with E-state index in [-0.39, 0.29) is 16.3 Å². The summed E-state index contributed by atoms with van der Waals surface area (Å²) in [7, 11) is 0. The second-order valence-electron chi connectivity index (χ2n) is 3.90. The van der Waals surface area contributed by atoms with Crippen LogP contribution in [0, 0.1) is 0 Å². The first-order valence-electron chi connectivity index (χ1n) is 5.58.